The number of aliphatic imine (C=N–C) groups is 1. The van der Waals surface area contributed by atoms with Gasteiger partial charge in [-0.2, -0.15) is 0 Å². The summed E-state index contributed by atoms with van der Waals surface area (Å²) in [6.07, 6.45) is 8.77. The zero-order valence-corrected chi connectivity index (χ0v) is 17.2. The van der Waals surface area contributed by atoms with Gasteiger partial charge >= 0.3 is 5.97 Å². The number of nitrogens with zero attached hydrogens (tertiary/aromatic N) is 4. The lowest BCUT2D eigenvalue weighted by Crippen LogP contribution is -2.07. The van der Waals surface area contributed by atoms with Crippen molar-refractivity contribution in [2.75, 3.05) is 0 Å². The highest BCUT2D eigenvalue weighted by atomic mass is 16.4. The van der Waals surface area contributed by atoms with Crippen molar-refractivity contribution in [1.29, 1.82) is 0 Å². The Hall–Kier alpha value is -3.93. The smallest absolute Gasteiger partial charge is 0.303 e. The normalized spacial score (nSPS) is 12.3. The number of aromatic nitrogens is 3. The Balaban J connectivity index is 1.61. The number of carbonyl (C=O) groups is 1. The van der Waals surface area contributed by atoms with E-state index in [9.17, 15) is 9.90 Å². The van der Waals surface area contributed by atoms with Crippen LogP contribution in [0, 0.1) is 6.92 Å². The summed E-state index contributed by atoms with van der Waals surface area (Å²) in [7, 11) is 0. The van der Waals surface area contributed by atoms with Gasteiger partial charge in [-0.3, -0.25) is 9.79 Å². The molecule has 31 heavy (non-hydrogen) atoms. The quantitative estimate of drug-likeness (QED) is 0.491. The number of fused-ring (bicyclic) bond motifs is 1. The highest BCUT2D eigenvalue weighted by Crippen LogP contribution is 2.34. The third-order valence-electron chi connectivity index (χ3n) is 5.70. The van der Waals surface area contributed by atoms with Crippen LogP contribution in [0.2, 0.25) is 0 Å². The van der Waals surface area contributed by atoms with Crippen molar-refractivity contribution in [3.8, 4) is 22.6 Å². The molecule has 3 heterocycles. The summed E-state index contributed by atoms with van der Waals surface area (Å²) >= 11 is 0. The molecule has 0 amide bonds. The molecule has 0 bridgehead atoms. The van der Waals surface area contributed by atoms with E-state index in [2.05, 4.69) is 63.9 Å². The molecule has 0 atom stereocenters. The maximum absolute atomic E-state index is 11.2. The first-order chi connectivity index (χ1) is 15.1. The number of hydrogen-bond acceptors (Lipinski definition) is 3. The predicted molar refractivity (Wildman–Crippen MR) is 121 cm³/mol. The minimum Gasteiger partial charge on any atom is -0.481 e. The average molecular weight is 410 g/mol. The molecular weight excluding hydrogens is 388 g/mol. The molecule has 154 valence electrons. The molecule has 0 saturated heterocycles. The summed E-state index contributed by atoms with van der Waals surface area (Å²) in [5.41, 5.74) is 8.53. The summed E-state index contributed by atoms with van der Waals surface area (Å²) in [5, 5.41) is 9.23. The molecule has 0 radical (unpaired) electrons. The third kappa shape index (κ3) is 3.57. The largest absolute Gasteiger partial charge is 0.481 e. The van der Waals surface area contributed by atoms with E-state index in [1.54, 1.807) is 12.5 Å². The molecule has 0 saturated carbocycles. The number of imidazole rings is 1. The summed E-state index contributed by atoms with van der Waals surface area (Å²) in [6, 6.07) is 16.7. The van der Waals surface area contributed by atoms with Crippen LogP contribution in [0.15, 0.2) is 72.2 Å². The molecule has 5 rings (SSSR count). The van der Waals surface area contributed by atoms with Gasteiger partial charge in [-0.1, -0.05) is 12.1 Å². The molecule has 2 aromatic heterocycles. The summed E-state index contributed by atoms with van der Waals surface area (Å²) < 4.78 is 4.16. The van der Waals surface area contributed by atoms with Crippen molar-refractivity contribution in [3.63, 3.8) is 0 Å². The molecule has 2 aromatic carbocycles. The number of carboxylic acid groups (broad SMARTS) is 1. The van der Waals surface area contributed by atoms with Crippen LogP contribution in [0.5, 0.6) is 0 Å². The summed E-state index contributed by atoms with van der Waals surface area (Å²) in [4.78, 5) is 19.8. The van der Waals surface area contributed by atoms with Gasteiger partial charge in [0, 0.05) is 42.1 Å². The van der Waals surface area contributed by atoms with E-state index in [0.29, 0.717) is 6.42 Å². The van der Waals surface area contributed by atoms with Crippen LogP contribution >= 0.6 is 0 Å². The molecule has 0 unspecified atom stereocenters. The molecule has 1 aliphatic rings. The van der Waals surface area contributed by atoms with Crippen LogP contribution in [0.25, 0.3) is 22.6 Å². The lowest BCUT2D eigenvalue weighted by Gasteiger charge is -2.18. The molecule has 0 aliphatic carbocycles. The molecule has 6 nitrogen and oxygen atoms in total. The number of aliphatic carboxylic acids is 1. The minimum absolute atomic E-state index is 0.0934. The van der Waals surface area contributed by atoms with Crippen LogP contribution in [-0.2, 0) is 17.6 Å². The van der Waals surface area contributed by atoms with Gasteiger partial charge in [-0.05, 0) is 66.4 Å². The van der Waals surface area contributed by atoms with Gasteiger partial charge in [0.1, 0.15) is 0 Å². The SMILES string of the molecule is Cc1cc2c(cc1-n1c(CCC(=O)O)ccc1-c1ccc(-n3ccnc3)cc1)CC=N2. The Morgan fingerprint density at radius 2 is 1.97 bits per heavy atom. The minimum atomic E-state index is -0.793. The monoisotopic (exact) mass is 410 g/mol. The molecule has 1 aliphatic heterocycles. The Kier molecular flexibility index (Phi) is 4.75. The van der Waals surface area contributed by atoms with E-state index < -0.39 is 5.97 Å². The van der Waals surface area contributed by atoms with Crippen LogP contribution in [-0.4, -0.2) is 31.4 Å². The Labute approximate surface area is 180 Å². The summed E-state index contributed by atoms with van der Waals surface area (Å²) in [5.74, 6) is -0.793. The first-order valence-electron chi connectivity index (χ1n) is 10.3. The van der Waals surface area contributed by atoms with Crippen LogP contribution in [0.3, 0.4) is 0 Å². The molecule has 0 spiro atoms. The van der Waals surface area contributed by atoms with Gasteiger partial charge < -0.3 is 14.2 Å². The average Bonchev–Trinajstić information content (AvgIpc) is 3.52. The second kappa shape index (κ2) is 7.72. The lowest BCUT2D eigenvalue weighted by atomic mass is 10.1. The maximum atomic E-state index is 11.2. The Morgan fingerprint density at radius 3 is 2.71 bits per heavy atom. The van der Waals surface area contributed by atoms with Crippen LogP contribution < -0.4 is 0 Å². The topological polar surface area (TPSA) is 72.4 Å². The Morgan fingerprint density at radius 1 is 1.13 bits per heavy atom. The van der Waals surface area contributed by atoms with Crippen molar-refractivity contribution in [2.45, 2.75) is 26.2 Å². The summed E-state index contributed by atoms with van der Waals surface area (Å²) in [6.45, 7) is 2.08. The third-order valence-corrected chi connectivity index (χ3v) is 5.70. The fourth-order valence-corrected chi connectivity index (χ4v) is 4.13. The van der Waals surface area contributed by atoms with Gasteiger partial charge in [0.15, 0.2) is 0 Å². The molecule has 1 N–H and O–H groups in total. The van der Waals surface area contributed by atoms with Gasteiger partial charge in [-0.15, -0.1) is 0 Å². The van der Waals surface area contributed by atoms with E-state index in [4.69, 9.17) is 0 Å². The van der Waals surface area contributed by atoms with Crippen molar-refractivity contribution in [2.24, 2.45) is 4.99 Å². The maximum Gasteiger partial charge on any atom is 0.303 e. The van der Waals surface area contributed by atoms with Crippen molar-refractivity contribution >= 4 is 17.9 Å². The fourth-order valence-electron chi connectivity index (χ4n) is 4.13. The van der Waals surface area contributed by atoms with Crippen molar-refractivity contribution in [1.82, 2.24) is 14.1 Å². The number of carboxylic acids is 1. The van der Waals surface area contributed by atoms with Gasteiger partial charge in [0.05, 0.1) is 24.1 Å². The zero-order valence-electron chi connectivity index (χ0n) is 17.2. The number of aryl methyl sites for hydroxylation is 2. The van der Waals surface area contributed by atoms with E-state index in [-0.39, 0.29) is 6.42 Å². The van der Waals surface area contributed by atoms with Crippen molar-refractivity contribution in [3.05, 3.63) is 84.1 Å². The second-order valence-electron chi connectivity index (χ2n) is 7.74. The zero-order chi connectivity index (χ0) is 21.4. The second-order valence-corrected chi connectivity index (χ2v) is 7.74. The lowest BCUT2D eigenvalue weighted by molar-refractivity contribution is -0.136. The number of hydrogen-bond donors (Lipinski definition) is 1. The van der Waals surface area contributed by atoms with Gasteiger partial charge in [0.25, 0.3) is 0 Å². The van der Waals surface area contributed by atoms with Crippen molar-refractivity contribution < 1.29 is 9.90 Å². The van der Waals surface area contributed by atoms with E-state index in [1.807, 2.05) is 23.0 Å². The van der Waals surface area contributed by atoms with E-state index in [0.717, 1.165) is 46.0 Å². The fraction of sp³-hybridized carbons (Fsp3) is 0.160. The number of benzene rings is 2. The standard InChI is InChI=1S/C25H22N4O2/c1-17-14-22-19(10-11-27-22)15-24(17)29-21(7-9-25(30)31)6-8-23(29)18-2-4-20(5-3-18)28-13-12-26-16-28/h2-6,8,11-16H,7,9-10H2,1H3,(H,30,31). The van der Waals surface area contributed by atoms with Gasteiger partial charge in [-0.25, -0.2) is 4.98 Å². The predicted octanol–water partition coefficient (Wildman–Crippen LogP) is 4.91. The molecule has 0 fully saturated rings. The molecule has 6 heteroatoms. The Bertz CT molecular complexity index is 1280. The highest BCUT2D eigenvalue weighted by molar-refractivity contribution is 5.78. The van der Waals surface area contributed by atoms with Crippen LogP contribution in [0.1, 0.15) is 23.2 Å². The van der Waals surface area contributed by atoms with E-state index in [1.165, 1.54) is 5.56 Å². The molecule has 4 aromatic rings. The van der Waals surface area contributed by atoms with Crippen LogP contribution in [0.4, 0.5) is 5.69 Å². The van der Waals surface area contributed by atoms with E-state index >= 15 is 0 Å². The first-order valence-corrected chi connectivity index (χ1v) is 10.3. The van der Waals surface area contributed by atoms with Gasteiger partial charge in [0.2, 0.25) is 0 Å². The molecular formula is C25H22N4O2. The number of rotatable bonds is 6. The first kappa shape index (κ1) is 19.1. The highest BCUT2D eigenvalue weighted by Gasteiger charge is 2.18.